The van der Waals surface area contributed by atoms with Crippen molar-refractivity contribution in [1.82, 2.24) is 9.27 Å². The number of piperidine rings is 1. The van der Waals surface area contributed by atoms with Gasteiger partial charge in [0.05, 0.1) is 18.4 Å². The molecular weight excluding hydrogens is 382 g/mol. The third-order valence-electron chi connectivity index (χ3n) is 5.31. The molecule has 1 fully saturated rings. The molecule has 5 nitrogen and oxygen atoms in total. The molecule has 0 spiro atoms. The van der Waals surface area contributed by atoms with E-state index in [9.17, 15) is 0 Å². The van der Waals surface area contributed by atoms with E-state index >= 15 is 0 Å². The molecule has 154 valence electrons. The Balaban J connectivity index is 1.23. The molecule has 0 bridgehead atoms. The van der Waals surface area contributed by atoms with Crippen LogP contribution in [-0.2, 0) is 6.54 Å². The smallest absolute Gasteiger partial charge is 0.147 e. The molecule has 1 aromatic heterocycles. The summed E-state index contributed by atoms with van der Waals surface area (Å²) in [5.41, 5.74) is 1.34. The van der Waals surface area contributed by atoms with E-state index in [2.05, 4.69) is 38.9 Å². The quantitative estimate of drug-likeness (QED) is 0.492. The monoisotopic (exact) mass is 411 g/mol. The molecule has 0 saturated carbocycles. The van der Waals surface area contributed by atoms with Gasteiger partial charge in [-0.2, -0.15) is 4.37 Å². The highest BCUT2D eigenvalue weighted by molar-refractivity contribution is 7.13. The van der Waals surface area contributed by atoms with E-state index in [-0.39, 0.29) is 0 Å². The van der Waals surface area contributed by atoms with Crippen LogP contribution in [0.25, 0.3) is 10.1 Å². The Labute approximate surface area is 176 Å². The number of rotatable bonds is 9. The summed E-state index contributed by atoms with van der Waals surface area (Å²) in [6.07, 6.45) is 4.94. The third kappa shape index (κ3) is 5.40. The van der Waals surface area contributed by atoms with Crippen LogP contribution >= 0.6 is 11.5 Å². The average Bonchev–Trinajstić information content (AvgIpc) is 3.16. The minimum absolute atomic E-state index is 0.686. The first kappa shape index (κ1) is 20.0. The second-order valence-electron chi connectivity index (χ2n) is 7.51. The van der Waals surface area contributed by atoms with E-state index in [0.717, 1.165) is 46.9 Å². The van der Waals surface area contributed by atoms with Crippen molar-refractivity contribution in [1.29, 1.82) is 0 Å². The molecule has 4 rings (SSSR count). The summed E-state index contributed by atoms with van der Waals surface area (Å²) in [5.74, 6) is 2.74. The molecule has 1 saturated heterocycles. The number of hydrogen-bond donors (Lipinski definition) is 1. The topological polar surface area (TPSA) is 46.6 Å². The fraction of sp³-hybridized carbons (Fsp3) is 0.435. The van der Waals surface area contributed by atoms with Crippen LogP contribution in [-0.4, -0.2) is 42.6 Å². The van der Waals surface area contributed by atoms with Gasteiger partial charge < -0.3 is 14.8 Å². The van der Waals surface area contributed by atoms with Crippen LogP contribution in [0, 0.1) is 0 Å². The summed E-state index contributed by atoms with van der Waals surface area (Å²) in [7, 11) is 1.69. The Morgan fingerprint density at radius 1 is 1.07 bits per heavy atom. The van der Waals surface area contributed by atoms with Crippen molar-refractivity contribution in [3.05, 3.63) is 48.0 Å². The van der Waals surface area contributed by atoms with Gasteiger partial charge in [-0.3, -0.25) is 4.90 Å². The summed E-state index contributed by atoms with van der Waals surface area (Å²) >= 11 is 1.51. The van der Waals surface area contributed by atoms with Gasteiger partial charge in [0.15, 0.2) is 0 Å². The van der Waals surface area contributed by atoms with Crippen molar-refractivity contribution >= 4 is 27.4 Å². The number of anilines is 1. The zero-order valence-electron chi connectivity index (χ0n) is 17.0. The van der Waals surface area contributed by atoms with Crippen LogP contribution in [0.1, 0.15) is 31.2 Å². The maximum Gasteiger partial charge on any atom is 0.147 e. The first-order valence-electron chi connectivity index (χ1n) is 10.4. The molecule has 1 N–H and O–H groups in total. The van der Waals surface area contributed by atoms with Crippen LogP contribution in [0.5, 0.6) is 11.5 Å². The van der Waals surface area contributed by atoms with E-state index in [1.165, 1.54) is 49.4 Å². The molecule has 0 amide bonds. The van der Waals surface area contributed by atoms with Gasteiger partial charge in [0.25, 0.3) is 0 Å². The lowest BCUT2D eigenvalue weighted by atomic mass is 10.1. The van der Waals surface area contributed by atoms with Gasteiger partial charge in [-0.15, -0.1) is 0 Å². The molecule has 0 radical (unpaired) electrons. The summed E-state index contributed by atoms with van der Waals surface area (Å²) in [4.78, 5) is 2.54. The molecule has 1 aliphatic heterocycles. The lowest BCUT2D eigenvalue weighted by molar-refractivity contribution is 0.220. The fourth-order valence-corrected chi connectivity index (χ4v) is 4.49. The maximum atomic E-state index is 5.98. The molecule has 0 aliphatic carbocycles. The molecular formula is C23H29N3O2S. The predicted octanol–water partition coefficient (Wildman–Crippen LogP) is 5.17. The van der Waals surface area contributed by atoms with Crippen LogP contribution in [0.2, 0.25) is 0 Å². The van der Waals surface area contributed by atoms with E-state index in [4.69, 9.17) is 9.47 Å². The standard InChI is InChI=1S/C23H29N3O2S/c1-27-19-9-10-22-21(16-19)23(25-29-22)24-11-6-14-28-20-8-5-7-18(15-20)17-26-12-3-2-4-13-26/h5,7-10,15-16H,2-4,6,11-14,17H2,1H3,(H,24,25). The Bertz CT molecular complexity index is 921. The predicted molar refractivity (Wildman–Crippen MR) is 120 cm³/mol. The molecule has 3 aromatic rings. The van der Waals surface area contributed by atoms with Gasteiger partial charge in [-0.1, -0.05) is 18.6 Å². The number of likely N-dealkylation sites (tertiary alicyclic amines) is 1. The number of benzene rings is 2. The van der Waals surface area contributed by atoms with Gasteiger partial charge in [-0.05, 0) is 79.8 Å². The zero-order chi connectivity index (χ0) is 19.9. The summed E-state index contributed by atoms with van der Waals surface area (Å²) in [6.45, 7) is 4.97. The fourth-order valence-electron chi connectivity index (χ4n) is 3.75. The van der Waals surface area contributed by atoms with Crippen molar-refractivity contribution in [2.45, 2.75) is 32.2 Å². The number of methoxy groups -OCH3 is 1. The van der Waals surface area contributed by atoms with Gasteiger partial charge in [0.2, 0.25) is 0 Å². The first-order chi connectivity index (χ1) is 14.3. The van der Waals surface area contributed by atoms with Crippen LogP contribution in [0.4, 0.5) is 5.82 Å². The lowest BCUT2D eigenvalue weighted by Gasteiger charge is -2.26. The Hall–Kier alpha value is -2.31. The maximum absolute atomic E-state index is 5.98. The van der Waals surface area contributed by atoms with E-state index in [1.807, 2.05) is 18.2 Å². The number of nitrogens with one attached hydrogen (secondary N) is 1. The number of nitrogens with zero attached hydrogens (tertiary/aromatic N) is 2. The second-order valence-corrected chi connectivity index (χ2v) is 8.31. The SMILES string of the molecule is COc1ccc2snc(NCCCOc3cccc(CN4CCCCC4)c3)c2c1. The van der Waals surface area contributed by atoms with E-state index in [1.54, 1.807) is 7.11 Å². The van der Waals surface area contributed by atoms with Gasteiger partial charge >= 0.3 is 0 Å². The average molecular weight is 412 g/mol. The zero-order valence-corrected chi connectivity index (χ0v) is 17.8. The summed E-state index contributed by atoms with van der Waals surface area (Å²) in [5, 5.41) is 4.54. The Morgan fingerprint density at radius 2 is 1.97 bits per heavy atom. The molecule has 29 heavy (non-hydrogen) atoms. The van der Waals surface area contributed by atoms with Gasteiger partial charge in [0, 0.05) is 18.5 Å². The molecule has 6 heteroatoms. The molecule has 0 atom stereocenters. The van der Waals surface area contributed by atoms with Crippen LogP contribution < -0.4 is 14.8 Å². The highest BCUT2D eigenvalue weighted by Gasteiger charge is 2.11. The van der Waals surface area contributed by atoms with Crippen molar-refractivity contribution in [3.63, 3.8) is 0 Å². The highest BCUT2D eigenvalue weighted by atomic mass is 32.1. The number of aromatic nitrogens is 1. The largest absolute Gasteiger partial charge is 0.497 e. The number of fused-ring (bicyclic) bond motifs is 1. The van der Waals surface area contributed by atoms with Crippen molar-refractivity contribution in [2.24, 2.45) is 0 Å². The van der Waals surface area contributed by atoms with Crippen molar-refractivity contribution < 1.29 is 9.47 Å². The summed E-state index contributed by atoms with van der Waals surface area (Å²) < 4.78 is 17.0. The Morgan fingerprint density at radius 3 is 2.83 bits per heavy atom. The normalized spacial score (nSPS) is 14.8. The highest BCUT2D eigenvalue weighted by Crippen LogP contribution is 2.30. The minimum Gasteiger partial charge on any atom is -0.497 e. The van der Waals surface area contributed by atoms with Crippen LogP contribution in [0.15, 0.2) is 42.5 Å². The number of ether oxygens (including phenoxy) is 2. The third-order valence-corrected chi connectivity index (χ3v) is 6.14. The second kappa shape index (κ2) is 9.94. The van der Waals surface area contributed by atoms with Crippen molar-refractivity contribution in [3.8, 4) is 11.5 Å². The van der Waals surface area contributed by atoms with E-state index < -0.39 is 0 Å². The Kier molecular flexibility index (Phi) is 6.85. The lowest BCUT2D eigenvalue weighted by Crippen LogP contribution is -2.29. The number of hydrogen-bond acceptors (Lipinski definition) is 6. The minimum atomic E-state index is 0.686. The van der Waals surface area contributed by atoms with Gasteiger partial charge in [0.1, 0.15) is 17.3 Å². The molecule has 1 aliphatic rings. The van der Waals surface area contributed by atoms with Crippen molar-refractivity contribution in [2.75, 3.05) is 38.7 Å². The first-order valence-corrected chi connectivity index (χ1v) is 11.2. The summed E-state index contributed by atoms with van der Waals surface area (Å²) in [6, 6.07) is 14.6. The van der Waals surface area contributed by atoms with E-state index in [0.29, 0.717) is 6.61 Å². The van der Waals surface area contributed by atoms with Crippen LogP contribution in [0.3, 0.4) is 0 Å². The molecule has 2 aromatic carbocycles. The molecule has 0 unspecified atom stereocenters. The van der Waals surface area contributed by atoms with Gasteiger partial charge in [-0.25, -0.2) is 0 Å². The molecule has 2 heterocycles.